The zero-order valence-corrected chi connectivity index (χ0v) is 12.2. The van der Waals surface area contributed by atoms with Gasteiger partial charge in [-0.05, 0) is 31.2 Å². The summed E-state index contributed by atoms with van der Waals surface area (Å²) in [4.78, 5) is 6.00. The maximum absolute atomic E-state index is 4.64. The average molecular weight is 275 g/mol. The molecule has 0 bridgehead atoms. The lowest BCUT2D eigenvalue weighted by Gasteiger charge is -2.24. The molecule has 2 heterocycles. The fraction of sp³-hybridized carbons (Fsp3) is 0.533. The van der Waals surface area contributed by atoms with Crippen LogP contribution in [-0.2, 0) is 6.54 Å². The third kappa shape index (κ3) is 3.00. The molecule has 0 radical (unpaired) electrons. The van der Waals surface area contributed by atoms with E-state index < -0.39 is 0 Å². The van der Waals surface area contributed by atoms with Gasteiger partial charge in [0.15, 0.2) is 0 Å². The van der Waals surface area contributed by atoms with Gasteiger partial charge in [0.05, 0.1) is 12.2 Å². The van der Waals surface area contributed by atoms with Gasteiger partial charge in [0.2, 0.25) is 5.95 Å². The van der Waals surface area contributed by atoms with Gasteiger partial charge in [-0.2, -0.15) is 0 Å². The molecule has 0 spiro atoms. The van der Waals surface area contributed by atoms with Crippen molar-refractivity contribution in [1.29, 1.82) is 0 Å². The van der Waals surface area contributed by atoms with E-state index >= 15 is 0 Å². The van der Waals surface area contributed by atoms with Crippen LogP contribution in [0.15, 0.2) is 23.7 Å². The molecule has 0 aromatic carbocycles. The van der Waals surface area contributed by atoms with Gasteiger partial charge in [-0.1, -0.05) is 25.3 Å². The number of nitrogens with one attached hydrogen (secondary N) is 1. The summed E-state index contributed by atoms with van der Waals surface area (Å²) in [7, 11) is 0. The van der Waals surface area contributed by atoms with E-state index in [9.17, 15) is 0 Å². The lowest BCUT2D eigenvalue weighted by atomic mass is 9.95. The van der Waals surface area contributed by atoms with Crippen LogP contribution in [0.5, 0.6) is 0 Å². The van der Waals surface area contributed by atoms with E-state index in [1.165, 1.54) is 37.0 Å². The smallest absolute Gasteiger partial charge is 0.203 e. The minimum absolute atomic E-state index is 0.640. The quantitative estimate of drug-likeness (QED) is 0.898. The molecule has 1 fully saturated rings. The van der Waals surface area contributed by atoms with E-state index in [0.29, 0.717) is 6.04 Å². The second-order valence-corrected chi connectivity index (χ2v) is 6.37. The highest BCUT2D eigenvalue weighted by atomic mass is 32.1. The van der Waals surface area contributed by atoms with Crippen LogP contribution in [0.2, 0.25) is 0 Å². The third-order valence-corrected chi connectivity index (χ3v) is 4.70. The summed E-state index contributed by atoms with van der Waals surface area (Å²) in [6.07, 6.45) is 8.89. The number of hydrogen-bond donors (Lipinski definition) is 1. The van der Waals surface area contributed by atoms with Crippen molar-refractivity contribution < 1.29 is 0 Å². The molecule has 2 aromatic rings. The normalized spacial score (nSPS) is 16.7. The lowest BCUT2D eigenvalue weighted by Crippen LogP contribution is -2.15. The molecule has 0 aliphatic heterocycles. The number of aromatic nitrogens is 2. The van der Waals surface area contributed by atoms with Crippen LogP contribution >= 0.6 is 11.3 Å². The largest absolute Gasteiger partial charge is 0.351 e. The lowest BCUT2D eigenvalue weighted by molar-refractivity contribution is 0.355. The van der Waals surface area contributed by atoms with Gasteiger partial charge in [0.1, 0.15) is 0 Å². The summed E-state index contributed by atoms with van der Waals surface area (Å²) >= 11 is 1.79. The first-order valence-corrected chi connectivity index (χ1v) is 8.02. The Bertz CT molecular complexity index is 509. The van der Waals surface area contributed by atoms with Gasteiger partial charge >= 0.3 is 0 Å². The predicted molar refractivity (Wildman–Crippen MR) is 80.7 cm³/mol. The molecule has 0 unspecified atom stereocenters. The molecule has 3 nitrogen and oxygen atoms in total. The predicted octanol–water partition coefficient (Wildman–Crippen LogP) is 4.37. The number of imidazole rings is 1. The first-order chi connectivity index (χ1) is 9.33. The highest BCUT2D eigenvalue weighted by Crippen LogP contribution is 2.31. The van der Waals surface area contributed by atoms with Gasteiger partial charge in [-0.3, -0.25) is 0 Å². The van der Waals surface area contributed by atoms with Crippen molar-refractivity contribution in [3.05, 3.63) is 34.3 Å². The van der Waals surface area contributed by atoms with E-state index in [1.54, 1.807) is 11.3 Å². The highest BCUT2D eigenvalue weighted by Gasteiger charge is 2.18. The summed E-state index contributed by atoms with van der Waals surface area (Å²) in [6, 6.07) is 4.90. The fourth-order valence-corrected chi connectivity index (χ4v) is 3.51. The maximum atomic E-state index is 4.64. The molecule has 1 N–H and O–H groups in total. The van der Waals surface area contributed by atoms with Crippen molar-refractivity contribution >= 4 is 17.3 Å². The number of hydrogen-bond acceptors (Lipinski definition) is 3. The Morgan fingerprint density at radius 1 is 1.37 bits per heavy atom. The third-order valence-electron chi connectivity index (χ3n) is 3.82. The molecule has 0 amide bonds. The molecule has 1 aliphatic carbocycles. The molecule has 0 saturated heterocycles. The maximum Gasteiger partial charge on any atom is 0.203 e. The fourth-order valence-electron chi connectivity index (χ4n) is 2.86. The topological polar surface area (TPSA) is 29.9 Å². The molecule has 102 valence electrons. The van der Waals surface area contributed by atoms with Crippen LogP contribution in [0.4, 0.5) is 5.95 Å². The van der Waals surface area contributed by atoms with Crippen molar-refractivity contribution in [2.24, 2.45) is 0 Å². The van der Waals surface area contributed by atoms with Crippen LogP contribution in [-0.4, -0.2) is 9.55 Å². The number of aryl methyl sites for hydroxylation is 1. The molecular formula is C15H21N3S. The van der Waals surface area contributed by atoms with Crippen molar-refractivity contribution in [1.82, 2.24) is 9.55 Å². The number of nitrogens with zero attached hydrogens (tertiary/aromatic N) is 2. The Labute approximate surface area is 118 Å². The van der Waals surface area contributed by atoms with Crippen molar-refractivity contribution in [3.63, 3.8) is 0 Å². The van der Waals surface area contributed by atoms with Crippen molar-refractivity contribution in [2.75, 3.05) is 5.32 Å². The van der Waals surface area contributed by atoms with Gasteiger partial charge < -0.3 is 9.88 Å². The highest BCUT2D eigenvalue weighted by molar-refractivity contribution is 7.09. The minimum atomic E-state index is 0.640. The van der Waals surface area contributed by atoms with Crippen molar-refractivity contribution in [3.8, 4) is 0 Å². The second kappa shape index (κ2) is 5.78. The summed E-state index contributed by atoms with van der Waals surface area (Å²) in [5, 5.41) is 5.62. The number of anilines is 1. The molecule has 1 saturated carbocycles. The van der Waals surface area contributed by atoms with Crippen LogP contribution in [0, 0.1) is 6.92 Å². The van der Waals surface area contributed by atoms with Crippen LogP contribution in [0.25, 0.3) is 0 Å². The zero-order chi connectivity index (χ0) is 13.1. The van der Waals surface area contributed by atoms with Gasteiger partial charge in [0, 0.05) is 17.1 Å². The van der Waals surface area contributed by atoms with Crippen LogP contribution < -0.4 is 5.32 Å². The van der Waals surface area contributed by atoms with Crippen molar-refractivity contribution in [2.45, 2.75) is 51.6 Å². The first kappa shape index (κ1) is 12.7. The molecule has 0 atom stereocenters. The zero-order valence-electron chi connectivity index (χ0n) is 11.4. The van der Waals surface area contributed by atoms with E-state index in [-0.39, 0.29) is 0 Å². The Morgan fingerprint density at radius 2 is 2.21 bits per heavy atom. The molecular weight excluding hydrogens is 254 g/mol. The summed E-state index contributed by atoms with van der Waals surface area (Å²) < 4.78 is 2.36. The molecule has 1 aliphatic rings. The van der Waals surface area contributed by atoms with E-state index in [4.69, 9.17) is 0 Å². The molecule has 19 heavy (non-hydrogen) atoms. The monoisotopic (exact) mass is 275 g/mol. The number of thiophene rings is 1. The molecule has 4 heteroatoms. The van der Waals surface area contributed by atoms with Gasteiger partial charge in [0.25, 0.3) is 0 Å². The Kier molecular flexibility index (Phi) is 3.87. The van der Waals surface area contributed by atoms with Crippen LogP contribution in [0.1, 0.15) is 48.7 Å². The van der Waals surface area contributed by atoms with Crippen LogP contribution in [0.3, 0.4) is 0 Å². The minimum Gasteiger partial charge on any atom is -0.351 e. The Morgan fingerprint density at radius 3 is 2.95 bits per heavy atom. The average Bonchev–Trinajstić information content (AvgIpc) is 3.06. The van der Waals surface area contributed by atoms with E-state index in [2.05, 4.69) is 45.5 Å². The first-order valence-electron chi connectivity index (χ1n) is 7.14. The van der Waals surface area contributed by atoms with Gasteiger partial charge in [-0.25, -0.2) is 4.98 Å². The van der Waals surface area contributed by atoms with E-state index in [1.807, 2.05) is 0 Å². The molecule has 3 rings (SSSR count). The summed E-state index contributed by atoms with van der Waals surface area (Å²) in [5.41, 5.74) is 1.11. The summed E-state index contributed by atoms with van der Waals surface area (Å²) in [6.45, 7) is 2.95. The second-order valence-electron chi connectivity index (χ2n) is 5.34. The standard InChI is InChI=1S/C15H21N3S/c1-12-11-18(13-6-3-2-4-7-13)15(17-12)16-10-14-8-5-9-19-14/h5,8-9,11,13H,2-4,6-7,10H2,1H3,(H,16,17). The Balaban J connectivity index is 1.72. The SMILES string of the molecule is Cc1cn(C2CCCCC2)c(NCc2cccs2)n1. The number of rotatable bonds is 4. The summed E-state index contributed by atoms with van der Waals surface area (Å²) in [5.74, 6) is 1.04. The van der Waals surface area contributed by atoms with Gasteiger partial charge in [-0.15, -0.1) is 11.3 Å². The van der Waals surface area contributed by atoms with E-state index in [0.717, 1.165) is 18.2 Å². The Hall–Kier alpha value is -1.29. The molecule has 2 aromatic heterocycles.